The van der Waals surface area contributed by atoms with Crippen LogP contribution in [-0.2, 0) is 22.5 Å². The van der Waals surface area contributed by atoms with Crippen molar-refractivity contribution < 1.29 is 14.6 Å². The van der Waals surface area contributed by atoms with E-state index in [0.717, 1.165) is 5.56 Å². The zero-order valence-corrected chi connectivity index (χ0v) is 11.7. The van der Waals surface area contributed by atoms with Crippen LogP contribution >= 0.6 is 0 Å². The van der Waals surface area contributed by atoms with E-state index in [2.05, 4.69) is 5.10 Å². The van der Waals surface area contributed by atoms with Crippen LogP contribution in [0.1, 0.15) is 5.56 Å². The van der Waals surface area contributed by atoms with Crippen LogP contribution in [0.5, 0.6) is 0 Å². The summed E-state index contributed by atoms with van der Waals surface area (Å²) in [6.45, 7) is 0.611. The number of benzene rings is 1. The van der Waals surface area contributed by atoms with E-state index < -0.39 is 11.5 Å². The third-order valence-electron chi connectivity index (χ3n) is 2.97. The lowest BCUT2D eigenvalue weighted by molar-refractivity contribution is -0.136. The van der Waals surface area contributed by atoms with E-state index in [1.165, 1.54) is 17.9 Å². The van der Waals surface area contributed by atoms with E-state index in [-0.39, 0.29) is 18.5 Å². The van der Waals surface area contributed by atoms with Crippen molar-refractivity contribution in [3.05, 3.63) is 52.3 Å². The molecule has 1 heterocycles. The first kappa shape index (κ1) is 14.9. The standard InChI is InChI=1S/C15H16N2O4/c1-21-8-7-17-15(20)12(10-14(18)19)9-13(16-17)11-5-3-2-4-6-11/h2-6,9H,7-8,10H2,1H3,(H,18,19). The monoisotopic (exact) mass is 288 g/mol. The minimum Gasteiger partial charge on any atom is -0.481 e. The summed E-state index contributed by atoms with van der Waals surface area (Å²) in [6.07, 6.45) is -0.325. The van der Waals surface area contributed by atoms with Crippen molar-refractivity contribution in [2.24, 2.45) is 0 Å². The second kappa shape index (κ2) is 6.81. The van der Waals surface area contributed by atoms with Crippen molar-refractivity contribution in [1.29, 1.82) is 0 Å². The molecule has 0 aliphatic carbocycles. The van der Waals surface area contributed by atoms with Gasteiger partial charge in [0.15, 0.2) is 0 Å². The Morgan fingerprint density at radius 1 is 1.33 bits per heavy atom. The topological polar surface area (TPSA) is 81.4 Å². The lowest BCUT2D eigenvalue weighted by Gasteiger charge is -2.09. The molecule has 0 aliphatic rings. The average Bonchev–Trinajstić information content (AvgIpc) is 2.48. The Morgan fingerprint density at radius 3 is 2.67 bits per heavy atom. The van der Waals surface area contributed by atoms with Gasteiger partial charge in [-0.2, -0.15) is 5.10 Å². The molecular weight excluding hydrogens is 272 g/mol. The first-order valence-corrected chi connectivity index (χ1v) is 6.49. The molecule has 0 unspecified atom stereocenters. The maximum absolute atomic E-state index is 12.2. The quantitative estimate of drug-likeness (QED) is 0.863. The zero-order valence-electron chi connectivity index (χ0n) is 11.7. The molecule has 0 spiro atoms. The van der Waals surface area contributed by atoms with Gasteiger partial charge in [0.05, 0.1) is 25.3 Å². The molecule has 0 aliphatic heterocycles. The van der Waals surface area contributed by atoms with Gasteiger partial charge in [0.25, 0.3) is 5.56 Å². The van der Waals surface area contributed by atoms with Crippen LogP contribution in [0.25, 0.3) is 11.3 Å². The van der Waals surface area contributed by atoms with Gasteiger partial charge in [-0.3, -0.25) is 9.59 Å². The first-order chi connectivity index (χ1) is 10.1. The predicted octanol–water partition coefficient (Wildman–Crippen LogP) is 1.18. The molecule has 1 N–H and O–H groups in total. The molecule has 0 bridgehead atoms. The minimum absolute atomic E-state index is 0.215. The highest BCUT2D eigenvalue weighted by atomic mass is 16.5. The maximum atomic E-state index is 12.2. The van der Waals surface area contributed by atoms with Gasteiger partial charge in [-0.1, -0.05) is 30.3 Å². The molecule has 110 valence electrons. The number of aliphatic carboxylic acids is 1. The Balaban J connectivity index is 2.50. The highest BCUT2D eigenvalue weighted by Crippen LogP contribution is 2.16. The maximum Gasteiger partial charge on any atom is 0.308 e. The number of carboxylic acids is 1. The molecule has 0 fully saturated rings. The summed E-state index contributed by atoms with van der Waals surface area (Å²) < 4.78 is 6.21. The Labute approximate surface area is 121 Å². The highest BCUT2D eigenvalue weighted by molar-refractivity contribution is 5.71. The summed E-state index contributed by atoms with van der Waals surface area (Å²) in [4.78, 5) is 23.1. The van der Waals surface area contributed by atoms with Gasteiger partial charge in [0.2, 0.25) is 0 Å². The molecule has 0 amide bonds. The summed E-state index contributed by atoms with van der Waals surface area (Å²) >= 11 is 0. The molecule has 2 aromatic rings. The van der Waals surface area contributed by atoms with E-state index >= 15 is 0 Å². The van der Waals surface area contributed by atoms with Crippen LogP contribution in [0.15, 0.2) is 41.2 Å². The third-order valence-corrected chi connectivity index (χ3v) is 2.97. The van der Waals surface area contributed by atoms with E-state index in [1.807, 2.05) is 30.3 Å². The van der Waals surface area contributed by atoms with Crippen LogP contribution < -0.4 is 5.56 Å². The Hall–Kier alpha value is -2.47. The minimum atomic E-state index is -1.05. The van der Waals surface area contributed by atoms with Crippen LogP contribution in [-0.4, -0.2) is 34.6 Å². The second-order valence-electron chi connectivity index (χ2n) is 4.51. The normalized spacial score (nSPS) is 10.5. The third kappa shape index (κ3) is 3.76. The van der Waals surface area contributed by atoms with Gasteiger partial charge in [-0.15, -0.1) is 0 Å². The van der Waals surface area contributed by atoms with Gasteiger partial charge in [0, 0.05) is 18.2 Å². The molecule has 21 heavy (non-hydrogen) atoms. The summed E-state index contributed by atoms with van der Waals surface area (Å²) in [5.41, 5.74) is 1.22. The van der Waals surface area contributed by atoms with E-state index in [4.69, 9.17) is 9.84 Å². The summed E-state index contributed by atoms with van der Waals surface area (Å²) in [6, 6.07) is 10.9. The summed E-state index contributed by atoms with van der Waals surface area (Å²) in [5, 5.41) is 13.2. The van der Waals surface area contributed by atoms with Gasteiger partial charge in [0.1, 0.15) is 0 Å². The number of rotatable bonds is 6. The van der Waals surface area contributed by atoms with Crippen molar-refractivity contribution in [2.45, 2.75) is 13.0 Å². The molecule has 0 saturated heterocycles. The highest BCUT2D eigenvalue weighted by Gasteiger charge is 2.12. The van der Waals surface area contributed by atoms with Crippen LogP contribution in [0.4, 0.5) is 0 Å². The second-order valence-corrected chi connectivity index (χ2v) is 4.51. The van der Waals surface area contributed by atoms with Crippen molar-refractivity contribution in [2.75, 3.05) is 13.7 Å². The van der Waals surface area contributed by atoms with E-state index in [9.17, 15) is 9.59 Å². The molecule has 0 saturated carbocycles. The fraction of sp³-hybridized carbons (Fsp3) is 0.267. The van der Waals surface area contributed by atoms with Crippen LogP contribution in [0.2, 0.25) is 0 Å². The smallest absolute Gasteiger partial charge is 0.308 e. The molecule has 6 nitrogen and oxygen atoms in total. The van der Waals surface area contributed by atoms with E-state index in [0.29, 0.717) is 12.3 Å². The predicted molar refractivity (Wildman–Crippen MR) is 77.1 cm³/mol. The number of carboxylic acid groups (broad SMARTS) is 1. The molecule has 2 rings (SSSR count). The SMILES string of the molecule is COCCn1nc(-c2ccccc2)cc(CC(=O)O)c1=O. The van der Waals surface area contributed by atoms with Crippen LogP contribution in [0, 0.1) is 0 Å². The van der Waals surface area contributed by atoms with E-state index in [1.54, 1.807) is 0 Å². The van der Waals surface area contributed by atoms with Gasteiger partial charge in [-0.25, -0.2) is 4.68 Å². The molecule has 6 heteroatoms. The molecular formula is C15H16N2O4. The number of nitrogens with zero attached hydrogens (tertiary/aromatic N) is 2. The summed E-state index contributed by atoms with van der Waals surface area (Å²) in [5.74, 6) is -1.05. The van der Waals surface area contributed by atoms with Crippen molar-refractivity contribution in [3.63, 3.8) is 0 Å². The number of ether oxygens (including phenoxy) is 1. The number of aromatic nitrogens is 2. The van der Waals surface area contributed by atoms with Crippen molar-refractivity contribution >= 4 is 5.97 Å². The number of methoxy groups -OCH3 is 1. The lowest BCUT2D eigenvalue weighted by Crippen LogP contribution is -2.29. The molecule has 0 radical (unpaired) electrons. The first-order valence-electron chi connectivity index (χ1n) is 6.49. The number of carbonyl (C=O) groups is 1. The van der Waals surface area contributed by atoms with Gasteiger partial charge >= 0.3 is 5.97 Å². The average molecular weight is 288 g/mol. The number of hydrogen-bond donors (Lipinski definition) is 1. The summed E-state index contributed by atoms with van der Waals surface area (Å²) in [7, 11) is 1.53. The van der Waals surface area contributed by atoms with Crippen molar-refractivity contribution in [3.8, 4) is 11.3 Å². The molecule has 0 atom stereocenters. The largest absolute Gasteiger partial charge is 0.481 e. The van der Waals surface area contributed by atoms with Gasteiger partial charge in [-0.05, 0) is 6.07 Å². The Bertz CT molecular complexity index is 680. The number of hydrogen-bond acceptors (Lipinski definition) is 4. The Kier molecular flexibility index (Phi) is 4.84. The van der Waals surface area contributed by atoms with Gasteiger partial charge < -0.3 is 9.84 Å². The fourth-order valence-corrected chi connectivity index (χ4v) is 1.97. The Morgan fingerprint density at radius 2 is 2.05 bits per heavy atom. The van der Waals surface area contributed by atoms with Crippen LogP contribution in [0.3, 0.4) is 0 Å². The zero-order chi connectivity index (χ0) is 15.2. The molecule has 1 aromatic carbocycles. The van der Waals surface area contributed by atoms with Crippen molar-refractivity contribution in [1.82, 2.24) is 9.78 Å². The molecule has 1 aromatic heterocycles. The lowest BCUT2D eigenvalue weighted by atomic mass is 10.1. The fourth-order valence-electron chi connectivity index (χ4n) is 1.97.